The van der Waals surface area contributed by atoms with Crippen LogP contribution in [-0.2, 0) is 29.3 Å². The number of alkyl halides is 6. The van der Waals surface area contributed by atoms with Crippen molar-refractivity contribution in [2.75, 3.05) is 26.2 Å². The third kappa shape index (κ3) is 5.70. The van der Waals surface area contributed by atoms with E-state index in [1.54, 1.807) is 4.90 Å². The van der Waals surface area contributed by atoms with Gasteiger partial charge in [-0.1, -0.05) is 11.6 Å². The molecule has 172 valence electrons. The van der Waals surface area contributed by atoms with Gasteiger partial charge in [0.25, 0.3) is 0 Å². The van der Waals surface area contributed by atoms with Crippen molar-refractivity contribution in [3.05, 3.63) is 47.0 Å². The molecule has 0 radical (unpaired) electrons. The van der Waals surface area contributed by atoms with E-state index in [2.05, 4.69) is 4.98 Å². The summed E-state index contributed by atoms with van der Waals surface area (Å²) >= 11 is 5.54. The number of sulfonamides is 1. The molecule has 1 aliphatic heterocycles. The topological polar surface area (TPSA) is 58.4 Å². The van der Waals surface area contributed by atoms with Gasteiger partial charge in [-0.05, 0) is 18.2 Å². The highest BCUT2D eigenvalue weighted by Gasteiger charge is 2.36. The first-order valence-electron chi connectivity index (χ1n) is 8.93. The highest BCUT2D eigenvalue weighted by molar-refractivity contribution is 7.89. The van der Waals surface area contributed by atoms with Gasteiger partial charge in [0.15, 0.2) is 0 Å². The third-order valence-electron chi connectivity index (χ3n) is 4.73. The molecule has 6 nitrogen and oxygen atoms in total. The second-order valence-electron chi connectivity index (χ2n) is 6.91. The summed E-state index contributed by atoms with van der Waals surface area (Å²) in [7, 11) is -4.20. The number of rotatable bonds is 5. The average Bonchev–Trinajstić information content (AvgIpc) is 3.06. The molecule has 0 unspecified atom stereocenters. The molecule has 0 aliphatic carbocycles. The number of aromatic nitrogens is 2. The zero-order valence-corrected chi connectivity index (χ0v) is 17.4. The van der Waals surface area contributed by atoms with E-state index in [1.807, 2.05) is 0 Å². The highest BCUT2D eigenvalue weighted by atomic mass is 35.5. The van der Waals surface area contributed by atoms with E-state index in [0.717, 1.165) is 21.0 Å². The molecule has 3 rings (SSSR count). The average molecular weight is 491 g/mol. The number of piperazine rings is 1. The van der Waals surface area contributed by atoms with Gasteiger partial charge < -0.3 is 4.57 Å². The highest BCUT2D eigenvalue weighted by Crippen LogP contribution is 2.36. The van der Waals surface area contributed by atoms with Crippen molar-refractivity contribution in [2.45, 2.75) is 30.3 Å². The molecule has 1 aromatic heterocycles. The number of halogens is 7. The Bertz CT molecular complexity index is 1030. The molecule has 1 aliphatic rings. The summed E-state index contributed by atoms with van der Waals surface area (Å²) in [5, 5.41) is -0.606. The standard InChI is InChI=1S/C17H17ClF6N4O2S/c18-14-2-1-12(9-13(14)17(22,23)24)31(29,30)28-7-5-26(6-8-28)10-15-25-3-4-27(15)11-16(19,20)21/h1-4,9H,5-8,10-11H2. The number of nitrogens with zero attached hydrogens (tertiary/aromatic N) is 4. The zero-order valence-electron chi connectivity index (χ0n) is 15.8. The lowest BCUT2D eigenvalue weighted by Gasteiger charge is -2.34. The van der Waals surface area contributed by atoms with Crippen molar-refractivity contribution in [2.24, 2.45) is 0 Å². The Labute approximate surface area is 179 Å². The first-order valence-corrected chi connectivity index (χ1v) is 10.8. The summed E-state index contributed by atoms with van der Waals surface area (Å²) in [6.45, 7) is -0.820. The van der Waals surface area contributed by atoms with E-state index >= 15 is 0 Å². The molecule has 2 aromatic rings. The molecule has 1 fully saturated rings. The molecule has 1 aromatic carbocycles. The van der Waals surface area contributed by atoms with Crippen LogP contribution < -0.4 is 0 Å². The van der Waals surface area contributed by atoms with E-state index in [-0.39, 0.29) is 38.5 Å². The van der Waals surface area contributed by atoms with Crippen LogP contribution in [0, 0.1) is 0 Å². The molecule has 0 spiro atoms. The quantitative estimate of drug-likeness (QED) is 0.601. The van der Waals surface area contributed by atoms with Gasteiger partial charge >= 0.3 is 12.4 Å². The van der Waals surface area contributed by atoms with Crippen LogP contribution in [0.15, 0.2) is 35.5 Å². The van der Waals surface area contributed by atoms with E-state index in [0.29, 0.717) is 6.07 Å². The maximum atomic E-state index is 13.0. The zero-order chi connectivity index (χ0) is 23.0. The van der Waals surface area contributed by atoms with Crippen LogP contribution in [-0.4, -0.2) is 59.5 Å². The van der Waals surface area contributed by atoms with Crippen molar-refractivity contribution < 1.29 is 34.8 Å². The van der Waals surface area contributed by atoms with Gasteiger partial charge in [-0.15, -0.1) is 0 Å². The second kappa shape index (κ2) is 8.60. The maximum absolute atomic E-state index is 13.0. The van der Waals surface area contributed by atoms with Gasteiger partial charge in [0.1, 0.15) is 12.4 Å². The van der Waals surface area contributed by atoms with Crippen LogP contribution in [0.25, 0.3) is 0 Å². The molecule has 0 amide bonds. The number of hydrogen-bond donors (Lipinski definition) is 0. The fourth-order valence-corrected chi connectivity index (χ4v) is 4.86. The minimum Gasteiger partial charge on any atom is -0.325 e. The van der Waals surface area contributed by atoms with Crippen molar-refractivity contribution in [1.82, 2.24) is 18.8 Å². The summed E-state index contributed by atoms with van der Waals surface area (Å²) in [6, 6.07) is 2.39. The van der Waals surface area contributed by atoms with Gasteiger partial charge in [0.05, 0.1) is 22.0 Å². The Hall–Kier alpha value is -1.83. The summed E-state index contributed by atoms with van der Waals surface area (Å²) in [5.41, 5.74) is -1.25. The number of imidazole rings is 1. The van der Waals surface area contributed by atoms with Gasteiger partial charge in [-0.25, -0.2) is 13.4 Å². The lowest BCUT2D eigenvalue weighted by Crippen LogP contribution is -2.48. The first kappa shape index (κ1) is 23.8. The summed E-state index contributed by atoms with van der Waals surface area (Å²) in [6.07, 6.45) is -6.75. The van der Waals surface area contributed by atoms with E-state index < -0.39 is 44.4 Å². The molecule has 0 bridgehead atoms. The van der Waals surface area contributed by atoms with Crippen LogP contribution in [0.2, 0.25) is 5.02 Å². The molecule has 0 N–H and O–H groups in total. The second-order valence-corrected chi connectivity index (χ2v) is 9.25. The number of hydrogen-bond acceptors (Lipinski definition) is 4. The fraction of sp³-hybridized carbons (Fsp3) is 0.471. The molecule has 0 saturated carbocycles. The summed E-state index contributed by atoms with van der Waals surface area (Å²) < 4.78 is 105. The Morgan fingerprint density at radius 1 is 1.03 bits per heavy atom. The molecule has 31 heavy (non-hydrogen) atoms. The minimum atomic E-state index is -4.81. The van der Waals surface area contributed by atoms with Crippen molar-refractivity contribution in [3.63, 3.8) is 0 Å². The first-order chi connectivity index (χ1) is 14.3. The smallest absolute Gasteiger partial charge is 0.325 e. The van der Waals surface area contributed by atoms with Crippen LogP contribution in [0.4, 0.5) is 26.3 Å². The van der Waals surface area contributed by atoms with Gasteiger partial charge in [-0.3, -0.25) is 4.90 Å². The molecule has 14 heteroatoms. The largest absolute Gasteiger partial charge is 0.417 e. The van der Waals surface area contributed by atoms with Gasteiger partial charge in [0.2, 0.25) is 10.0 Å². The Kier molecular flexibility index (Phi) is 6.61. The third-order valence-corrected chi connectivity index (χ3v) is 6.95. The van der Waals surface area contributed by atoms with Crippen LogP contribution in [0.5, 0.6) is 0 Å². The molecule has 1 saturated heterocycles. The predicted octanol–water partition coefficient (Wildman–Crippen LogP) is 3.62. The maximum Gasteiger partial charge on any atom is 0.417 e. The van der Waals surface area contributed by atoms with Crippen LogP contribution in [0.1, 0.15) is 11.4 Å². The monoisotopic (exact) mass is 490 g/mol. The van der Waals surface area contributed by atoms with Crippen LogP contribution in [0.3, 0.4) is 0 Å². The Morgan fingerprint density at radius 3 is 2.26 bits per heavy atom. The summed E-state index contributed by atoms with van der Waals surface area (Å²) in [5.74, 6) is 0.182. The SMILES string of the molecule is O=S(=O)(c1ccc(Cl)c(C(F)(F)F)c1)N1CCN(Cc2nccn2CC(F)(F)F)CC1. The predicted molar refractivity (Wildman–Crippen MR) is 98.8 cm³/mol. The van der Waals surface area contributed by atoms with Gasteiger partial charge in [0, 0.05) is 38.6 Å². The molecule has 2 heterocycles. The van der Waals surface area contributed by atoms with E-state index in [9.17, 15) is 34.8 Å². The molecule has 0 atom stereocenters. The molecular weight excluding hydrogens is 474 g/mol. The Balaban J connectivity index is 1.68. The number of benzene rings is 1. The van der Waals surface area contributed by atoms with Crippen LogP contribution >= 0.6 is 11.6 Å². The van der Waals surface area contributed by atoms with Gasteiger partial charge in [-0.2, -0.15) is 30.6 Å². The lowest BCUT2D eigenvalue weighted by atomic mass is 10.2. The fourth-order valence-electron chi connectivity index (χ4n) is 3.19. The summed E-state index contributed by atoms with van der Waals surface area (Å²) in [4.78, 5) is 5.12. The van der Waals surface area contributed by atoms with Crippen molar-refractivity contribution >= 4 is 21.6 Å². The van der Waals surface area contributed by atoms with E-state index in [4.69, 9.17) is 11.6 Å². The van der Waals surface area contributed by atoms with Crippen molar-refractivity contribution in [1.29, 1.82) is 0 Å². The van der Waals surface area contributed by atoms with E-state index in [1.165, 1.54) is 12.4 Å². The molecular formula is C17H17ClF6N4O2S. The Morgan fingerprint density at radius 2 is 1.68 bits per heavy atom. The lowest BCUT2D eigenvalue weighted by molar-refractivity contribution is -0.141. The normalized spacial score (nSPS) is 17.3. The van der Waals surface area contributed by atoms with Crippen molar-refractivity contribution in [3.8, 4) is 0 Å². The minimum absolute atomic E-state index is 0.0354.